The number of nitrogens with zero attached hydrogens (tertiary/aromatic N) is 2. The van der Waals surface area contributed by atoms with Gasteiger partial charge in [-0.3, -0.25) is 4.79 Å². The van der Waals surface area contributed by atoms with Crippen LogP contribution in [0.1, 0.15) is 55.3 Å². The fraction of sp³-hybridized carbons (Fsp3) is 0.667. The number of benzene rings is 1. The molecular formula is C21H32N2O5S. The number of hydrogen-bond donors (Lipinski definition) is 0. The Bertz CT molecular complexity index is 797. The lowest BCUT2D eigenvalue weighted by molar-refractivity contribution is 0.0702. The molecule has 2 aliphatic rings. The quantitative estimate of drug-likeness (QED) is 0.726. The molecule has 0 unspecified atom stereocenters. The first-order valence-electron chi connectivity index (χ1n) is 10.5. The summed E-state index contributed by atoms with van der Waals surface area (Å²) in [5.74, 6) is 0.208. The van der Waals surface area contributed by atoms with E-state index in [1.165, 1.54) is 42.8 Å². The van der Waals surface area contributed by atoms with Gasteiger partial charge in [0.15, 0.2) is 0 Å². The van der Waals surface area contributed by atoms with Gasteiger partial charge >= 0.3 is 0 Å². The van der Waals surface area contributed by atoms with E-state index in [1.54, 1.807) is 11.0 Å². The number of sulfonamides is 1. The highest BCUT2D eigenvalue weighted by Crippen LogP contribution is 2.28. The van der Waals surface area contributed by atoms with E-state index in [-0.39, 0.29) is 16.8 Å². The molecule has 1 aliphatic heterocycles. The Morgan fingerprint density at radius 1 is 1.10 bits per heavy atom. The van der Waals surface area contributed by atoms with E-state index >= 15 is 0 Å². The lowest BCUT2D eigenvalue weighted by Gasteiger charge is -2.30. The number of hydrogen-bond acceptors (Lipinski definition) is 5. The van der Waals surface area contributed by atoms with Gasteiger partial charge in [0.25, 0.3) is 5.91 Å². The summed E-state index contributed by atoms with van der Waals surface area (Å²) < 4.78 is 38.1. The minimum atomic E-state index is -3.68. The number of morpholine rings is 1. The van der Waals surface area contributed by atoms with Crippen LogP contribution in [0.15, 0.2) is 23.1 Å². The number of carbonyl (C=O) groups excluding carboxylic acids is 1. The van der Waals surface area contributed by atoms with Crippen molar-refractivity contribution in [3.05, 3.63) is 23.8 Å². The number of amides is 1. The number of ether oxygens (including phenoxy) is 2. The first kappa shape index (κ1) is 22.1. The van der Waals surface area contributed by atoms with E-state index in [0.717, 1.165) is 25.7 Å². The summed E-state index contributed by atoms with van der Waals surface area (Å²) in [5, 5.41) is 0. The van der Waals surface area contributed by atoms with Crippen molar-refractivity contribution < 1.29 is 22.7 Å². The normalized spacial score (nSPS) is 19.9. The van der Waals surface area contributed by atoms with E-state index in [9.17, 15) is 13.2 Å². The molecule has 29 heavy (non-hydrogen) atoms. The second-order valence-electron chi connectivity index (χ2n) is 7.79. The molecule has 0 atom stereocenters. The summed E-state index contributed by atoms with van der Waals surface area (Å²) in [6.45, 7) is 1.40. The van der Waals surface area contributed by atoms with E-state index in [2.05, 4.69) is 0 Å². The van der Waals surface area contributed by atoms with Crippen molar-refractivity contribution in [3.8, 4) is 5.75 Å². The average molecular weight is 425 g/mol. The third-order valence-corrected chi connectivity index (χ3v) is 7.85. The van der Waals surface area contributed by atoms with Crippen molar-refractivity contribution in [2.24, 2.45) is 0 Å². The van der Waals surface area contributed by atoms with E-state index in [0.29, 0.717) is 37.6 Å². The maximum atomic E-state index is 13.3. The van der Waals surface area contributed by atoms with Crippen LogP contribution < -0.4 is 4.74 Å². The topological polar surface area (TPSA) is 76.1 Å². The maximum Gasteiger partial charge on any atom is 0.257 e. The zero-order valence-electron chi connectivity index (χ0n) is 17.4. The second-order valence-corrected chi connectivity index (χ2v) is 9.73. The van der Waals surface area contributed by atoms with Crippen LogP contribution in [-0.2, 0) is 14.8 Å². The van der Waals surface area contributed by atoms with Crippen LogP contribution in [0.5, 0.6) is 5.75 Å². The van der Waals surface area contributed by atoms with Gasteiger partial charge < -0.3 is 14.4 Å². The summed E-state index contributed by atoms with van der Waals surface area (Å²) in [5.41, 5.74) is 0.298. The second kappa shape index (κ2) is 9.91. The van der Waals surface area contributed by atoms with Crippen LogP contribution in [0.3, 0.4) is 0 Å². The van der Waals surface area contributed by atoms with Gasteiger partial charge in [0.1, 0.15) is 5.75 Å². The first-order valence-corrected chi connectivity index (χ1v) is 11.9. The van der Waals surface area contributed by atoms with Gasteiger partial charge in [-0.1, -0.05) is 32.1 Å². The van der Waals surface area contributed by atoms with Crippen molar-refractivity contribution in [1.82, 2.24) is 9.21 Å². The van der Waals surface area contributed by atoms with Gasteiger partial charge in [-0.15, -0.1) is 0 Å². The van der Waals surface area contributed by atoms with Crippen molar-refractivity contribution in [3.63, 3.8) is 0 Å². The molecule has 0 radical (unpaired) electrons. The zero-order valence-corrected chi connectivity index (χ0v) is 18.2. The Hall–Kier alpha value is -1.64. The molecule has 3 rings (SSSR count). The summed E-state index contributed by atoms with van der Waals surface area (Å²) >= 11 is 0. The largest absolute Gasteiger partial charge is 0.496 e. The minimum Gasteiger partial charge on any atom is -0.496 e. The van der Waals surface area contributed by atoms with Crippen LogP contribution in [0, 0.1) is 0 Å². The maximum absolute atomic E-state index is 13.3. The zero-order chi connectivity index (χ0) is 20.9. The molecule has 1 aliphatic carbocycles. The molecule has 0 spiro atoms. The fourth-order valence-electron chi connectivity index (χ4n) is 4.13. The lowest BCUT2D eigenvalue weighted by Crippen LogP contribution is -2.41. The smallest absolute Gasteiger partial charge is 0.257 e. The highest BCUT2D eigenvalue weighted by Gasteiger charge is 2.29. The molecule has 1 saturated carbocycles. The molecular weight excluding hydrogens is 392 g/mol. The number of rotatable bonds is 5. The highest BCUT2D eigenvalue weighted by atomic mass is 32.2. The van der Waals surface area contributed by atoms with Crippen LogP contribution in [0.25, 0.3) is 0 Å². The molecule has 0 aromatic heterocycles. The van der Waals surface area contributed by atoms with Crippen LogP contribution in [0.4, 0.5) is 0 Å². The monoisotopic (exact) mass is 424 g/mol. The van der Waals surface area contributed by atoms with Crippen LogP contribution in [-0.4, -0.2) is 70.0 Å². The Morgan fingerprint density at radius 3 is 2.34 bits per heavy atom. The molecule has 0 N–H and O–H groups in total. The first-order chi connectivity index (χ1) is 13.9. The molecule has 8 heteroatoms. The summed E-state index contributed by atoms with van der Waals surface area (Å²) in [4.78, 5) is 15.2. The molecule has 7 nitrogen and oxygen atoms in total. The van der Waals surface area contributed by atoms with Gasteiger partial charge in [0.05, 0.1) is 30.8 Å². The van der Waals surface area contributed by atoms with Crippen LogP contribution in [0.2, 0.25) is 0 Å². The van der Waals surface area contributed by atoms with Crippen molar-refractivity contribution in [2.45, 2.75) is 55.9 Å². The molecule has 162 valence electrons. The molecule has 1 saturated heterocycles. The van der Waals surface area contributed by atoms with Gasteiger partial charge in [0.2, 0.25) is 10.0 Å². The molecule has 1 aromatic rings. The Labute approximate surface area is 174 Å². The Balaban J connectivity index is 1.87. The van der Waals surface area contributed by atoms with E-state index in [1.807, 2.05) is 7.05 Å². The van der Waals surface area contributed by atoms with Gasteiger partial charge in [-0.2, -0.15) is 4.31 Å². The van der Waals surface area contributed by atoms with Crippen molar-refractivity contribution >= 4 is 15.9 Å². The van der Waals surface area contributed by atoms with Gasteiger partial charge in [-0.25, -0.2) is 8.42 Å². The predicted molar refractivity (Wildman–Crippen MR) is 111 cm³/mol. The molecule has 2 fully saturated rings. The van der Waals surface area contributed by atoms with E-state index < -0.39 is 10.0 Å². The number of carbonyl (C=O) groups is 1. The lowest BCUT2D eigenvalue weighted by atomic mass is 9.95. The SMILES string of the molecule is COc1ccc(S(=O)(=O)N2CCOCC2)cc1C(=O)N(C)C1CCCCCCC1. The molecule has 1 heterocycles. The standard InChI is InChI=1S/C21H32N2O5S/c1-22(17-8-6-4-3-5-7-9-17)21(24)19-16-18(10-11-20(19)27-2)29(25,26)23-12-14-28-15-13-23/h10-11,16-17H,3-9,12-15H2,1-2H3. The van der Waals surface area contributed by atoms with Crippen molar-refractivity contribution in [1.29, 1.82) is 0 Å². The van der Waals surface area contributed by atoms with Crippen molar-refractivity contribution in [2.75, 3.05) is 40.5 Å². The summed E-state index contributed by atoms with van der Waals surface area (Å²) in [7, 11) is -0.362. The predicted octanol–water partition coefficient (Wildman–Crippen LogP) is 2.90. The third-order valence-electron chi connectivity index (χ3n) is 5.95. The molecule has 1 aromatic carbocycles. The highest BCUT2D eigenvalue weighted by molar-refractivity contribution is 7.89. The Morgan fingerprint density at radius 2 is 1.72 bits per heavy atom. The fourth-order valence-corrected chi connectivity index (χ4v) is 5.56. The summed E-state index contributed by atoms with van der Waals surface area (Å²) in [6, 6.07) is 4.72. The minimum absolute atomic E-state index is 0.120. The van der Waals surface area contributed by atoms with E-state index in [4.69, 9.17) is 9.47 Å². The number of methoxy groups -OCH3 is 1. The van der Waals surface area contributed by atoms with Gasteiger partial charge in [0, 0.05) is 26.2 Å². The summed E-state index contributed by atoms with van der Waals surface area (Å²) in [6.07, 6.45) is 7.87. The van der Waals surface area contributed by atoms with Crippen LogP contribution >= 0.6 is 0 Å². The third kappa shape index (κ3) is 5.10. The molecule has 1 amide bonds. The molecule has 0 bridgehead atoms. The average Bonchev–Trinajstić information content (AvgIpc) is 2.72. The van der Waals surface area contributed by atoms with Gasteiger partial charge in [-0.05, 0) is 31.0 Å². The Kier molecular flexibility index (Phi) is 7.54.